The SMILES string of the molecule is CNCCOc1ccc(C(=O)NC(=O)C2NC(=O)[C@H](NC(=O)[C@@H](CC(C)C)NC)[C@H](O)c3ccc(c(C)c3)Oc3cc4cc(c3O[C@@H]3C[C@H](CO)[C@@H](O)[C@H](O)[C@H]3O[C@H]3C[C@](C)(N)[C@H](O)[C@H](C)O3)Oc3ccc(cc3Cl)[C@@H](O)[C@@H]3NC(=O)[C@H](NC(=O)[C@@H]4NC2=O)c2ccc(O)c(c2)-c2c(O)cc(O)cc2[C@@H](C(=O)NC2C4CC5CC(C4)CC2C5)NC3=O)cc1. The first-order valence-electron chi connectivity index (χ1n) is 41.2. The minimum atomic E-state index is -2.71. The van der Waals surface area contributed by atoms with Gasteiger partial charge in [0.1, 0.15) is 102 Å². The zero-order valence-electron chi connectivity index (χ0n) is 68.5. The van der Waals surface area contributed by atoms with E-state index in [9.17, 15) is 55.5 Å². The maximum Gasteiger partial charge on any atom is 0.259 e. The summed E-state index contributed by atoms with van der Waals surface area (Å²) in [7, 11) is 3.20. The predicted octanol–water partition coefficient (Wildman–Crippen LogP) is 2.96. The van der Waals surface area contributed by atoms with Crippen molar-refractivity contribution in [2.75, 3.05) is 33.9 Å². The monoisotopic (exact) mass is 1720 g/mol. The molecule has 0 spiro atoms. The van der Waals surface area contributed by atoms with Gasteiger partial charge >= 0.3 is 0 Å². The maximum atomic E-state index is 16.7. The van der Waals surface area contributed by atoms with E-state index in [1.54, 1.807) is 14.0 Å². The van der Waals surface area contributed by atoms with Gasteiger partial charge in [0.05, 0.1) is 29.4 Å². The number of nitrogens with two attached hydrogens (primary N) is 1. The topological polar surface area (TPSA) is 537 Å². The molecule has 36 heteroatoms. The number of benzene rings is 6. The van der Waals surface area contributed by atoms with E-state index in [0.717, 1.165) is 80.6 Å². The average Bonchev–Trinajstić information content (AvgIpc) is 0.769. The van der Waals surface area contributed by atoms with Gasteiger partial charge in [-0.3, -0.25) is 48.5 Å². The van der Waals surface area contributed by atoms with Gasteiger partial charge in [0.25, 0.3) is 17.7 Å². The lowest BCUT2D eigenvalue weighted by molar-refractivity contribution is -0.286. The number of likely N-dealkylation sites (N-methyl/N-ethyl adjacent to an activating group) is 2. The highest BCUT2D eigenvalue weighted by atomic mass is 35.5. The van der Waals surface area contributed by atoms with Crippen molar-refractivity contribution < 1.29 is 118 Å². The van der Waals surface area contributed by atoms with E-state index in [2.05, 4.69) is 53.2 Å². The molecule has 5 aliphatic carbocycles. The van der Waals surface area contributed by atoms with E-state index < -0.39 is 209 Å². The molecule has 6 aromatic carbocycles. The summed E-state index contributed by atoms with van der Waals surface area (Å²) in [6.07, 6.45) is -10.6. The van der Waals surface area contributed by atoms with Gasteiger partial charge in [0, 0.05) is 59.8 Å². The second-order valence-electron chi connectivity index (χ2n) is 34.2. The first-order chi connectivity index (χ1) is 58.6. The number of fused-ring (bicyclic) bond motifs is 15. The molecule has 11 aliphatic rings. The summed E-state index contributed by atoms with van der Waals surface area (Å²) in [5.74, 6) is -15.5. The first-order valence-corrected chi connectivity index (χ1v) is 41.6. The fraction of sp³-hybridized carbons (Fsp3) is 0.483. The van der Waals surface area contributed by atoms with Crippen LogP contribution in [-0.2, 0) is 47.8 Å². The molecule has 1 unspecified atom stereocenters. The number of aliphatic hydroxyl groups is 6. The summed E-state index contributed by atoms with van der Waals surface area (Å²) >= 11 is 7.32. The molecule has 1 saturated heterocycles. The molecule has 6 aromatic rings. The highest BCUT2D eigenvalue weighted by Gasteiger charge is 2.53. The van der Waals surface area contributed by atoms with Gasteiger partial charge < -0.3 is 128 Å². The fourth-order valence-corrected chi connectivity index (χ4v) is 18.8. The number of phenols is 3. The van der Waals surface area contributed by atoms with Crippen LogP contribution in [0.3, 0.4) is 0 Å². The van der Waals surface area contributed by atoms with E-state index in [-0.39, 0.29) is 111 Å². The lowest BCUT2D eigenvalue weighted by Gasteiger charge is -2.54. The zero-order valence-corrected chi connectivity index (χ0v) is 69.2. The van der Waals surface area contributed by atoms with E-state index >= 15 is 33.6 Å². The Morgan fingerprint density at radius 1 is 0.659 bits per heavy atom. The zero-order chi connectivity index (χ0) is 88.1. The number of carbonyl (C=O) groups is 9. The summed E-state index contributed by atoms with van der Waals surface area (Å²) in [6.45, 7) is 8.18. The third-order valence-corrected chi connectivity index (χ3v) is 25.1. The Bertz CT molecular complexity index is 5030. The number of nitrogens with one attached hydrogen (secondary N) is 10. The summed E-state index contributed by atoms with van der Waals surface area (Å²) < 4.78 is 39.2. The number of aryl methyl sites for hydroxylation is 1. The molecule has 0 radical (unpaired) electrons. The molecule has 5 saturated carbocycles. The lowest BCUT2D eigenvalue weighted by Crippen LogP contribution is -2.63. The van der Waals surface area contributed by atoms with Gasteiger partial charge in [0.15, 0.2) is 23.8 Å². The number of rotatable bonds is 18. The Labute approximate surface area is 712 Å². The Kier molecular flexibility index (Phi) is 26.3. The highest BCUT2D eigenvalue weighted by molar-refractivity contribution is 6.32. The lowest BCUT2D eigenvalue weighted by atomic mass is 9.54. The maximum absolute atomic E-state index is 16.7. The second kappa shape index (κ2) is 36.6. The van der Waals surface area contributed by atoms with Crippen molar-refractivity contribution in [1.82, 2.24) is 53.2 Å². The van der Waals surface area contributed by atoms with Crippen LogP contribution in [0, 0.1) is 42.4 Å². The van der Waals surface area contributed by atoms with Crippen LogP contribution in [0.15, 0.2) is 103 Å². The smallest absolute Gasteiger partial charge is 0.259 e. The number of halogens is 1. The van der Waals surface area contributed by atoms with Gasteiger partial charge in [0.2, 0.25) is 41.2 Å². The Morgan fingerprint density at radius 3 is 1.93 bits per heavy atom. The number of ether oxygens (including phenoxy) is 6. The van der Waals surface area contributed by atoms with E-state index in [0.29, 0.717) is 24.1 Å². The van der Waals surface area contributed by atoms with Crippen molar-refractivity contribution in [3.63, 3.8) is 0 Å². The molecule has 35 nitrogen and oxygen atoms in total. The van der Waals surface area contributed by atoms with E-state index in [1.165, 1.54) is 75.5 Å². The Morgan fingerprint density at radius 2 is 1.29 bits per heavy atom. The average molecular weight is 1720 g/mol. The molecule has 658 valence electrons. The quantitative estimate of drug-likeness (QED) is 0.0334. The molecular weight excluding hydrogens is 1620 g/mol. The number of hydrogen-bond donors (Lipinski definition) is 20. The van der Waals surface area contributed by atoms with Gasteiger partial charge in [-0.15, -0.1) is 0 Å². The van der Waals surface area contributed by atoms with E-state index in [4.69, 9.17) is 45.8 Å². The molecule has 6 heterocycles. The second-order valence-corrected chi connectivity index (χ2v) is 34.6. The summed E-state index contributed by atoms with van der Waals surface area (Å²) in [6, 6.07) is 5.60. The standard InChI is InChI=1S/C87H104ClN11O24/c1-36(2)20-54(91-7)79(110)96-68-71(104)43-11-16-57(37(3)21-43)120-59-29-47-30-60(75(59)122-61-31-48(35-100)73(106)74(107)76(61)123-62-34-87(5,89)77(108)38(4)119-62)121-58-17-12-44(28-53(58)88)72(105)69-83(114)95-67(82(113)92-64-45-23-39-22-40(25-45)26-46(64)24-39)52-32-49(101)33-56(103)63(52)51-27-42(10-15-55(51)102)65(80(111)97-69)93-81(112)66(47)94-85(116)70(98-84(68)115)86(117)99-78(109)41-8-13-50(14-9-41)118-19-18-90-6/h8-17,21,27-30,32-33,36,38-40,45-46,48,54,61-62,64-74,76-77,90-91,100-108H,18-20,22-26,31,34-35,89H2,1-7H3,(H,92,113)(H,93,112)(H,94,116)(H,95,114)(H,96,110)(H,97,111)(H,98,115)(H,99,109,117)/t38-,39?,40?,45?,46?,48+,54+,61+,62-,64?,65+,66+,67-,68+,69-,70?,71+,72+,73+,74-,76-,77+,87-/m0/s1. The van der Waals surface area contributed by atoms with Crippen molar-refractivity contribution in [2.45, 2.75) is 195 Å². The molecule has 15 bridgehead atoms. The number of aromatic hydroxyl groups is 3. The van der Waals surface area contributed by atoms with Crippen LogP contribution in [0.4, 0.5) is 0 Å². The number of hydrogen-bond acceptors (Lipinski definition) is 27. The van der Waals surface area contributed by atoms with Gasteiger partial charge in [-0.05, 0) is 222 Å². The summed E-state index contributed by atoms with van der Waals surface area (Å²) in [4.78, 5) is 140. The fourth-order valence-electron chi connectivity index (χ4n) is 18.6. The Balaban J connectivity index is 0.973. The van der Waals surface area contributed by atoms with Crippen LogP contribution in [0.1, 0.15) is 153 Å². The van der Waals surface area contributed by atoms with Crippen LogP contribution >= 0.6 is 11.6 Å². The minimum absolute atomic E-state index is 0.0607. The van der Waals surface area contributed by atoms with Crippen molar-refractivity contribution in [2.24, 2.45) is 41.2 Å². The molecule has 123 heavy (non-hydrogen) atoms. The normalized spacial score (nSPS) is 30.6. The molecule has 17 rings (SSSR count). The number of aliphatic hydroxyl groups excluding tert-OH is 6. The van der Waals surface area contributed by atoms with Crippen LogP contribution < -0.4 is 77.8 Å². The Hall–Kier alpha value is -10.8. The van der Waals surface area contributed by atoms with Crippen molar-refractivity contribution in [3.05, 3.63) is 147 Å². The van der Waals surface area contributed by atoms with Gasteiger partial charge in [-0.2, -0.15) is 0 Å². The first kappa shape index (κ1) is 88.5. The van der Waals surface area contributed by atoms with Crippen LogP contribution in [0.25, 0.3) is 11.1 Å². The van der Waals surface area contributed by atoms with Crippen LogP contribution in [0.2, 0.25) is 5.02 Å². The molecule has 0 aromatic heterocycles. The van der Waals surface area contributed by atoms with Crippen molar-refractivity contribution in [1.29, 1.82) is 0 Å². The molecule has 6 aliphatic heterocycles. The molecular formula is C87H104ClN11O24. The summed E-state index contributed by atoms with van der Waals surface area (Å²) in [5.41, 5.74) is 3.17. The number of amides is 9. The molecule has 9 amide bonds. The number of imide groups is 1. The van der Waals surface area contributed by atoms with Crippen LogP contribution in [0.5, 0.6) is 51.7 Å². The molecule has 6 fully saturated rings. The molecule has 18 atom stereocenters. The molecule has 21 N–H and O–H groups in total. The largest absolute Gasteiger partial charge is 0.508 e. The number of carbonyl (C=O) groups excluding carboxylic acids is 9. The minimum Gasteiger partial charge on any atom is -0.508 e. The van der Waals surface area contributed by atoms with Gasteiger partial charge in [-0.25, -0.2) is 0 Å². The van der Waals surface area contributed by atoms with Gasteiger partial charge in [-0.1, -0.05) is 43.6 Å². The van der Waals surface area contributed by atoms with Crippen molar-refractivity contribution in [3.8, 4) is 62.9 Å². The third-order valence-electron chi connectivity index (χ3n) is 24.8. The predicted molar refractivity (Wildman–Crippen MR) is 438 cm³/mol. The van der Waals surface area contributed by atoms with E-state index in [1.807, 2.05) is 13.8 Å². The summed E-state index contributed by atoms with van der Waals surface area (Å²) in [5, 5.41) is 134. The highest BCUT2D eigenvalue weighted by Crippen LogP contribution is 2.55. The van der Waals surface area contributed by atoms with Crippen molar-refractivity contribution >= 4 is 64.8 Å². The third kappa shape index (κ3) is 18.7. The number of phenolic OH excluding ortho intramolecular Hbond substituents is 3. The van der Waals surface area contributed by atoms with Crippen LogP contribution in [-0.4, -0.2) is 212 Å².